The smallest absolute Gasteiger partial charge is 0.188 e. The summed E-state index contributed by atoms with van der Waals surface area (Å²) in [7, 11) is 5.72. The molecule has 1 aliphatic carbocycles. The topological polar surface area (TPSA) is 41.6 Å². The number of dihydropyridines is 1. The van der Waals surface area contributed by atoms with Crippen molar-refractivity contribution in [3.63, 3.8) is 0 Å². The summed E-state index contributed by atoms with van der Waals surface area (Å²) < 4.78 is 6.43. The number of methoxy groups -OCH3 is 1. The summed E-state index contributed by atoms with van der Waals surface area (Å²) in [5, 5.41) is 3.65. The molecule has 0 saturated carbocycles. The van der Waals surface area contributed by atoms with Gasteiger partial charge in [0.05, 0.1) is 7.11 Å². The van der Waals surface area contributed by atoms with Crippen LogP contribution >= 0.6 is 15.9 Å². The van der Waals surface area contributed by atoms with Crippen molar-refractivity contribution >= 4 is 39.2 Å². The van der Waals surface area contributed by atoms with Crippen molar-refractivity contribution in [2.45, 2.75) is 26.2 Å². The van der Waals surface area contributed by atoms with Crippen molar-refractivity contribution < 1.29 is 9.53 Å². The summed E-state index contributed by atoms with van der Waals surface area (Å²) in [6.45, 7) is 4.33. The number of rotatable bonds is 5. The molecule has 5 heteroatoms. The van der Waals surface area contributed by atoms with Gasteiger partial charge in [0, 0.05) is 52.7 Å². The standard InChI is InChI=1S/C33H33BrN2O2/c1-33(2)20-30-31(32(37)28(33)18-21-6-14-25(15-7-21)36(3)4)27(22-10-16-26(38-5)17-11-22)19-29(35-30)23-8-12-24(34)13-9-23/h6-19,27,35H,20H2,1-5H3/b28-18+. The van der Waals surface area contributed by atoms with Gasteiger partial charge in [-0.2, -0.15) is 0 Å². The van der Waals surface area contributed by atoms with Gasteiger partial charge < -0.3 is 15.0 Å². The monoisotopic (exact) mass is 568 g/mol. The minimum absolute atomic E-state index is 0.104. The van der Waals surface area contributed by atoms with E-state index in [-0.39, 0.29) is 17.1 Å². The molecule has 1 N–H and O–H groups in total. The fourth-order valence-corrected chi connectivity index (χ4v) is 5.55. The SMILES string of the molecule is COc1ccc(C2C=C(c3ccc(Br)cc3)NC3=C2C(=O)/C(=C\c2ccc(N(C)C)cc2)C(C)(C)C3)cc1. The zero-order chi connectivity index (χ0) is 27.0. The largest absolute Gasteiger partial charge is 0.497 e. The van der Waals surface area contributed by atoms with Crippen molar-refractivity contribution in [1.29, 1.82) is 0 Å². The Morgan fingerprint density at radius 2 is 1.63 bits per heavy atom. The van der Waals surface area contributed by atoms with Gasteiger partial charge >= 0.3 is 0 Å². The first-order valence-corrected chi connectivity index (χ1v) is 13.6. The lowest BCUT2D eigenvalue weighted by Gasteiger charge is -2.40. The van der Waals surface area contributed by atoms with Gasteiger partial charge in [0.1, 0.15) is 5.75 Å². The van der Waals surface area contributed by atoms with E-state index < -0.39 is 0 Å². The average molecular weight is 570 g/mol. The van der Waals surface area contributed by atoms with E-state index in [1.807, 2.05) is 38.4 Å². The third-order valence-corrected chi connectivity index (χ3v) is 7.97. The summed E-state index contributed by atoms with van der Waals surface area (Å²) in [4.78, 5) is 16.4. The zero-order valence-corrected chi connectivity index (χ0v) is 24.1. The van der Waals surface area contributed by atoms with Crippen LogP contribution in [0.4, 0.5) is 5.69 Å². The number of nitrogens with one attached hydrogen (secondary N) is 1. The van der Waals surface area contributed by atoms with Gasteiger partial charge in [-0.3, -0.25) is 4.79 Å². The first kappa shape index (κ1) is 26.1. The lowest BCUT2D eigenvalue weighted by Crippen LogP contribution is -2.37. The Hall–Kier alpha value is -3.57. The number of allylic oxidation sites excluding steroid dienone is 4. The Morgan fingerprint density at radius 1 is 0.974 bits per heavy atom. The predicted molar refractivity (Wildman–Crippen MR) is 160 cm³/mol. The summed E-state index contributed by atoms with van der Waals surface area (Å²) in [5.74, 6) is 0.734. The molecule has 3 aromatic rings. The van der Waals surface area contributed by atoms with E-state index in [1.54, 1.807) is 7.11 Å². The van der Waals surface area contributed by atoms with Crippen LogP contribution in [0, 0.1) is 5.41 Å². The number of hydrogen-bond donors (Lipinski definition) is 1. The molecular formula is C33H33BrN2O2. The second-order valence-corrected chi connectivity index (χ2v) is 11.7. The molecule has 4 nitrogen and oxygen atoms in total. The summed E-state index contributed by atoms with van der Waals surface area (Å²) in [5.41, 5.74) is 7.69. The van der Waals surface area contributed by atoms with Gasteiger partial charge in [0.2, 0.25) is 0 Å². The van der Waals surface area contributed by atoms with E-state index >= 15 is 0 Å². The number of halogens is 1. The van der Waals surface area contributed by atoms with Crippen LogP contribution in [0.25, 0.3) is 11.8 Å². The Balaban J connectivity index is 1.60. The Labute approximate surface area is 233 Å². The molecule has 2 aliphatic rings. The highest BCUT2D eigenvalue weighted by Crippen LogP contribution is 2.48. The molecule has 0 bridgehead atoms. The lowest BCUT2D eigenvalue weighted by atomic mass is 9.67. The predicted octanol–water partition coefficient (Wildman–Crippen LogP) is 7.59. The second-order valence-electron chi connectivity index (χ2n) is 10.8. The van der Waals surface area contributed by atoms with Crippen LogP contribution in [0.5, 0.6) is 5.75 Å². The molecule has 0 radical (unpaired) electrons. The number of ether oxygens (including phenoxy) is 1. The molecule has 0 spiro atoms. The fourth-order valence-electron chi connectivity index (χ4n) is 5.28. The van der Waals surface area contributed by atoms with Gasteiger partial charge in [-0.25, -0.2) is 0 Å². The van der Waals surface area contributed by atoms with Crippen LogP contribution in [0.2, 0.25) is 0 Å². The molecule has 194 valence electrons. The molecule has 1 heterocycles. The third-order valence-electron chi connectivity index (χ3n) is 7.44. The van der Waals surface area contributed by atoms with Crippen molar-refractivity contribution in [2.24, 2.45) is 5.41 Å². The quantitative estimate of drug-likeness (QED) is 0.322. The second kappa shape index (κ2) is 10.3. The number of carbonyl (C=O) groups excluding carboxylic acids is 1. The number of anilines is 1. The van der Waals surface area contributed by atoms with Crippen LogP contribution in [0.3, 0.4) is 0 Å². The molecule has 1 aliphatic heterocycles. The van der Waals surface area contributed by atoms with Gasteiger partial charge in [0.25, 0.3) is 0 Å². The fraction of sp³-hybridized carbons (Fsp3) is 0.242. The maximum Gasteiger partial charge on any atom is 0.188 e. The maximum atomic E-state index is 14.3. The van der Waals surface area contributed by atoms with Gasteiger partial charge in [-0.1, -0.05) is 66.2 Å². The first-order chi connectivity index (χ1) is 18.2. The van der Waals surface area contributed by atoms with E-state index in [9.17, 15) is 4.79 Å². The van der Waals surface area contributed by atoms with E-state index in [0.29, 0.717) is 0 Å². The molecule has 3 aromatic carbocycles. The molecular weight excluding hydrogens is 536 g/mol. The number of benzene rings is 3. The normalized spacial score (nSPS) is 19.5. The molecule has 5 rings (SSSR count). The average Bonchev–Trinajstić information content (AvgIpc) is 2.91. The number of ketones is 1. The minimum Gasteiger partial charge on any atom is -0.497 e. The Bertz CT molecular complexity index is 1440. The van der Waals surface area contributed by atoms with Crippen LogP contribution in [-0.4, -0.2) is 27.0 Å². The number of carbonyl (C=O) groups is 1. The molecule has 0 aromatic heterocycles. The van der Waals surface area contributed by atoms with E-state index in [0.717, 1.165) is 61.6 Å². The third kappa shape index (κ3) is 5.08. The highest BCUT2D eigenvalue weighted by molar-refractivity contribution is 9.10. The van der Waals surface area contributed by atoms with Crippen LogP contribution < -0.4 is 15.0 Å². The molecule has 0 fully saturated rings. The summed E-state index contributed by atoms with van der Waals surface area (Å²) in [6, 6.07) is 24.7. The number of hydrogen-bond acceptors (Lipinski definition) is 4. The van der Waals surface area contributed by atoms with E-state index in [4.69, 9.17) is 4.74 Å². The van der Waals surface area contributed by atoms with Crippen molar-refractivity contribution in [3.05, 3.63) is 117 Å². The van der Waals surface area contributed by atoms with E-state index in [2.05, 4.69) is 101 Å². The minimum atomic E-state index is -0.324. The van der Waals surface area contributed by atoms with Crippen molar-refractivity contribution in [2.75, 3.05) is 26.1 Å². The van der Waals surface area contributed by atoms with Crippen molar-refractivity contribution in [1.82, 2.24) is 5.32 Å². The van der Waals surface area contributed by atoms with Gasteiger partial charge in [-0.15, -0.1) is 0 Å². The van der Waals surface area contributed by atoms with Crippen LogP contribution in [-0.2, 0) is 4.79 Å². The first-order valence-electron chi connectivity index (χ1n) is 12.8. The Morgan fingerprint density at radius 3 is 2.24 bits per heavy atom. The highest BCUT2D eigenvalue weighted by Gasteiger charge is 2.42. The molecule has 0 amide bonds. The van der Waals surface area contributed by atoms with Crippen molar-refractivity contribution in [3.8, 4) is 5.75 Å². The summed E-state index contributed by atoms with van der Waals surface area (Å²) in [6.07, 6.45) is 5.00. The molecule has 1 unspecified atom stereocenters. The molecule has 0 saturated heterocycles. The zero-order valence-electron chi connectivity index (χ0n) is 22.5. The van der Waals surface area contributed by atoms with Crippen LogP contribution in [0.1, 0.15) is 42.9 Å². The van der Waals surface area contributed by atoms with Gasteiger partial charge in [0.15, 0.2) is 5.78 Å². The number of nitrogens with zero attached hydrogens (tertiary/aromatic N) is 1. The summed E-state index contributed by atoms with van der Waals surface area (Å²) >= 11 is 3.54. The highest BCUT2D eigenvalue weighted by atomic mass is 79.9. The Kier molecular flexibility index (Phi) is 7.06. The van der Waals surface area contributed by atoms with Crippen LogP contribution in [0.15, 0.2) is 100 Å². The van der Waals surface area contributed by atoms with E-state index in [1.165, 1.54) is 0 Å². The van der Waals surface area contributed by atoms with Gasteiger partial charge in [-0.05, 0) is 77.1 Å². The number of Topliss-reactive ketones (excluding diaryl/α,β-unsaturated/α-hetero) is 1. The maximum absolute atomic E-state index is 14.3. The molecule has 1 atom stereocenters. The molecule has 38 heavy (non-hydrogen) atoms. The lowest BCUT2D eigenvalue weighted by molar-refractivity contribution is -0.113.